The lowest BCUT2D eigenvalue weighted by Gasteiger charge is -2.04. The summed E-state index contributed by atoms with van der Waals surface area (Å²) in [4.78, 5) is 12.5. The van der Waals surface area contributed by atoms with Crippen molar-refractivity contribution >= 4 is 11.9 Å². The Bertz CT molecular complexity index is 1010. The van der Waals surface area contributed by atoms with Crippen LogP contribution in [-0.2, 0) is 0 Å². The van der Waals surface area contributed by atoms with Gasteiger partial charge in [0.1, 0.15) is 7.05 Å². The molecule has 0 amide bonds. The third kappa shape index (κ3) is 3.57. The molecule has 0 bridgehead atoms. The van der Waals surface area contributed by atoms with E-state index in [4.69, 9.17) is 9.78 Å². The molecule has 26 heavy (non-hydrogen) atoms. The van der Waals surface area contributed by atoms with E-state index in [1.54, 1.807) is 24.3 Å². The molecule has 0 saturated carbocycles. The van der Waals surface area contributed by atoms with Gasteiger partial charge in [-0.3, -0.25) is 4.79 Å². The molecule has 3 rings (SSSR count). The van der Waals surface area contributed by atoms with Crippen molar-refractivity contribution in [3.8, 4) is 23.1 Å². The SMILES string of the molecule is C[N+](CCC#N)=C1C=CC(=Cn2oc([O-])c(-c3ccccc3)c2=O)C=C1. The molecule has 0 aliphatic heterocycles. The number of benzene rings is 1. The number of hydrogen-bond donors (Lipinski definition) is 0. The Balaban J connectivity index is 1.88. The number of nitriles is 1. The Kier molecular flexibility index (Phi) is 4.99. The zero-order valence-electron chi connectivity index (χ0n) is 14.3. The van der Waals surface area contributed by atoms with Crippen molar-refractivity contribution in [2.24, 2.45) is 0 Å². The monoisotopic (exact) mass is 347 g/mol. The van der Waals surface area contributed by atoms with Crippen molar-refractivity contribution in [1.82, 2.24) is 4.74 Å². The summed E-state index contributed by atoms with van der Waals surface area (Å²) in [5.41, 5.74) is 1.75. The summed E-state index contributed by atoms with van der Waals surface area (Å²) in [6.07, 6.45) is 9.33. The minimum atomic E-state index is -0.662. The fourth-order valence-corrected chi connectivity index (χ4v) is 2.60. The standard InChI is InChI=1S/C20H17N3O3/c1-22(13-5-12-21)17-10-8-15(9-11-17)14-23-19(24)18(20(25)26-23)16-6-3-2-4-7-16/h2-4,6-11,14H,5,13H2,1H3. The highest BCUT2D eigenvalue weighted by molar-refractivity contribution is 6.02. The van der Waals surface area contributed by atoms with E-state index >= 15 is 0 Å². The summed E-state index contributed by atoms with van der Waals surface area (Å²) < 4.78 is 8.01. The van der Waals surface area contributed by atoms with Gasteiger partial charge < -0.3 is 9.63 Å². The second-order valence-corrected chi connectivity index (χ2v) is 5.80. The quantitative estimate of drug-likeness (QED) is 0.793. The van der Waals surface area contributed by atoms with Crippen molar-refractivity contribution in [2.45, 2.75) is 6.42 Å². The van der Waals surface area contributed by atoms with Crippen LogP contribution < -0.4 is 10.7 Å². The number of hydrogen-bond acceptors (Lipinski definition) is 4. The topological polar surface area (TPSA) is 85.0 Å². The number of allylic oxidation sites excluding steroid dienone is 5. The molecule has 0 saturated heterocycles. The predicted molar refractivity (Wildman–Crippen MR) is 96.7 cm³/mol. The van der Waals surface area contributed by atoms with Gasteiger partial charge in [-0.15, -0.1) is 0 Å². The van der Waals surface area contributed by atoms with Crippen LogP contribution in [0.5, 0.6) is 5.95 Å². The van der Waals surface area contributed by atoms with Crippen LogP contribution in [0.2, 0.25) is 0 Å². The van der Waals surface area contributed by atoms with Crippen LogP contribution in [-0.4, -0.2) is 28.6 Å². The smallest absolute Gasteiger partial charge is 0.273 e. The van der Waals surface area contributed by atoms with Crippen LogP contribution in [0.4, 0.5) is 0 Å². The number of rotatable bonds is 4. The molecule has 1 heterocycles. The highest BCUT2D eigenvalue weighted by Crippen LogP contribution is 2.24. The van der Waals surface area contributed by atoms with E-state index in [-0.39, 0.29) is 5.56 Å². The van der Waals surface area contributed by atoms with Gasteiger partial charge >= 0.3 is 0 Å². The normalized spacial score (nSPS) is 12.9. The lowest BCUT2D eigenvalue weighted by Crippen LogP contribution is -2.16. The Morgan fingerprint density at radius 3 is 2.58 bits per heavy atom. The molecule has 1 aromatic heterocycles. The van der Waals surface area contributed by atoms with Gasteiger partial charge in [0, 0.05) is 18.4 Å². The fraction of sp³-hybridized carbons (Fsp3) is 0.150. The summed E-state index contributed by atoms with van der Waals surface area (Å²) in [5.74, 6) is -0.662. The third-order valence-electron chi connectivity index (χ3n) is 4.02. The Labute approximate surface area is 150 Å². The zero-order valence-corrected chi connectivity index (χ0v) is 14.3. The van der Waals surface area contributed by atoms with Crippen LogP contribution in [0.15, 0.2) is 69.5 Å². The van der Waals surface area contributed by atoms with Crippen LogP contribution >= 0.6 is 0 Å². The highest BCUT2D eigenvalue weighted by Gasteiger charge is 2.11. The van der Waals surface area contributed by atoms with E-state index in [9.17, 15) is 9.90 Å². The molecule has 1 aliphatic carbocycles. The summed E-state index contributed by atoms with van der Waals surface area (Å²) in [6.45, 7) is 0.636. The van der Waals surface area contributed by atoms with Gasteiger partial charge in [-0.2, -0.15) is 5.26 Å². The zero-order chi connectivity index (χ0) is 18.5. The van der Waals surface area contributed by atoms with Gasteiger partial charge in [-0.1, -0.05) is 30.3 Å². The lowest BCUT2D eigenvalue weighted by molar-refractivity contribution is -0.494. The number of aromatic nitrogens is 1. The van der Waals surface area contributed by atoms with E-state index in [0.717, 1.165) is 16.0 Å². The van der Waals surface area contributed by atoms with Gasteiger partial charge in [-0.05, 0) is 23.3 Å². The lowest BCUT2D eigenvalue weighted by atomic mass is 10.1. The highest BCUT2D eigenvalue weighted by atomic mass is 16.6. The first-order valence-corrected chi connectivity index (χ1v) is 8.11. The molecule has 0 radical (unpaired) electrons. The molecule has 1 aliphatic rings. The number of nitrogens with zero attached hydrogens (tertiary/aromatic N) is 3. The molecule has 6 heteroatoms. The fourth-order valence-electron chi connectivity index (χ4n) is 2.60. The van der Waals surface area contributed by atoms with Crippen LogP contribution in [0.25, 0.3) is 17.3 Å². The molecular formula is C20H17N3O3. The van der Waals surface area contributed by atoms with Crippen molar-refractivity contribution in [1.29, 1.82) is 5.26 Å². The molecular weight excluding hydrogens is 330 g/mol. The molecule has 2 aromatic rings. The first-order valence-electron chi connectivity index (χ1n) is 8.11. The van der Waals surface area contributed by atoms with Gasteiger partial charge in [0.05, 0.1) is 24.0 Å². The molecule has 130 valence electrons. The van der Waals surface area contributed by atoms with Gasteiger partial charge in [0.25, 0.3) is 5.56 Å². The summed E-state index contributed by atoms with van der Waals surface area (Å²) in [5, 5.41) is 20.7. The molecule has 6 nitrogen and oxygen atoms in total. The van der Waals surface area contributed by atoms with Crippen LogP contribution in [0.3, 0.4) is 0 Å². The van der Waals surface area contributed by atoms with Crippen molar-refractivity contribution in [3.63, 3.8) is 0 Å². The molecule has 1 aromatic carbocycles. The van der Waals surface area contributed by atoms with E-state index in [0.29, 0.717) is 18.5 Å². The Hall–Kier alpha value is -3.59. The minimum Gasteiger partial charge on any atom is -0.544 e. The Morgan fingerprint density at radius 2 is 1.92 bits per heavy atom. The van der Waals surface area contributed by atoms with Crippen LogP contribution in [0, 0.1) is 11.3 Å². The van der Waals surface area contributed by atoms with Gasteiger partial charge in [-0.25, -0.2) is 9.32 Å². The largest absolute Gasteiger partial charge is 0.544 e. The first kappa shape index (κ1) is 17.2. The van der Waals surface area contributed by atoms with Gasteiger partial charge in [0.2, 0.25) is 0 Å². The molecule has 0 spiro atoms. The Morgan fingerprint density at radius 1 is 1.23 bits per heavy atom. The summed E-state index contributed by atoms with van der Waals surface area (Å²) in [6, 6.07) is 10.8. The second-order valence-electron chi connectivity index (χ2n) is 5.80. The second kappa shape index (κ2) is 7.53. The summed E-state index contributed by atoms with van der Waals surface area (Å²) in [7, 11) is 1.91. The first-order chi connectivity index (χ1) is 12.6. The average molecular weight is 347 g/mol. The van der Waals surface area contributed by atoms with E-state index < -0.39 is 11.5 Å². The third-order valence-corrected chi connectivity index (χ3v) is 4.02. The van der Waals surface area contributed by atoms with E-state index in [1.807, 2.05) is 42.0 Å². The molecule has 0 unspecified atom stereocenters. The molecule has 0 N–H and O–H groups in total. The van der Waals surface area contributed by atoms with Gasteiger partial charge in [0.15, 0.2) is 12.3 Å². The van der Waals surface area contributed by atoms with Crippen LogP contribution in [0.1, 0.15) is 6.42 Å². The van der Waals surface area contributed by atoms with Crippen molar-refractivity contribution in [3.05, 3.63) is 70.6 Å². The molecule has 0 atom stereocenters. The average Bonchev–Trinajstić information content (AvgIpc) is 2.94. The maximum Gasteiger partial charge on any atom is 0.273 e. The minimum absolute atomic E-state index is 0.0229. The maximum absolute atomic E-state index is 12.5. The van der Waals surface area contributed by atoms with E-state index in [1.165, 1.54) is 6.20 Å². The predicted octanol–water partition coefficient (Wildman–Crippen LogP) is 2.15. The summed E-state index contributed by atoms with van der Waals surface area (Å²) >= 11 is 0. The van der Waals surface area contributed by atoms with Crippen molar-refractivity contribution in [2.75, 3.05) is 13.6 Å². The molecule has 0 fully saturated rings. The van der Waals surface area contributed by atoms with E-state index in [2.05, 4.69) is 6.07 Å². The maximum atomic E-state index is 12.5. The van der Waals surface area contributed by atoms with Crippen molar-refractivity contribution < 1.29 is 14.2 Å².